The minimum atomic E-state index is -2.61. The molecule has 0 bridgehead atoms. The Hall–Kier alpha value is -1.71. The van der Waals surface area contributed by atoms with Crippen molar-refractivity contribution in [2.75, 3.05) is 20.1 Å². The Kier molecular flexibility index (Phi) is 10.9. The molecule has 0 fully saturated rings. The molecule has 1 unspecified atom stereocenters. The maximum atomic E-state index is 13.1. The molecule has 0 aliphatic heterocycles. The maximum absolute atomic E-state index is 13.1. The quantitative estimate of drug-likeness (QED) is 0.466. The average Bonchev–Trinajstić information content (AvgIpc) is 2.63. The van der Waals surface area contributed by atoms with E-state index in [9.17, 15) is 18.0 Å². The topological polar surface area (TPSA) is 95.9 Å². The summed E-state index contributed by atoms with van der Waals surface area (Å²) in [7, 11) is -1.01. The summed E-state index contributed by atoms with van der Waals surface area (Å²) >= 11 is 0.835. The zero-order chi connectivity index (χ0) is 20.2. The molecule has 1 N–H and O–H groups in total. The van der Waals surface area contributed by atoms with Gasteiger partial charge in [-0.2, -0.15) is 12.8 Å². The van der Waals surface area contributed by atoms with E-state index in [0.717, 1.165) is 36.8 Å². The predicted molar refractivity (Wildman–Crippen MR) is 108 cm³/mol. The second-order valence-corrected chi connectivity index (χ2v) is 7.77. The van der Waals surface area contributed by atoms with Gasteiger partial charge in [-0.15, -0.1) is 0 Å². The van der Waals surface area contributed by atoms with Gasteiger partial charge < -0.3 is 0 Å². The lowest BCUT2D eigenvalue weighted by atomic mass is 9.96. The summed E-state index contributed by atoms with van der Waals surface area (Å²) in [6.45, 7) is 4.09. The van der Waals surface area contributed by atoms with Crippen LogP contribution in [-0.2, 0) is 15.3 Å². The summed E-state index contributed by atoms with van der Waals surface area (Å²) in [5.41, 5.74) is 1.66. The number of nitrogens with zero attached hydrogens (tertiary/aromatic N) is 2. The summed E-state index contributed by atoms with van der Waals surface area (Å²) in [6, 6.07) is 7.23. The first-order valence-corrected chi connectivity index (χ1v) is 10.8. The number of benzene rings is 1. The van der Waals surface area contributed by atoms with Crippen molar-refractivity contribution in [1.82, 2.24) is 9.62 Å². The number of nitrogens with one attached hydrogen (secondary N) is 1. The normalized spacial score (nSPS) is 11.7. The zero-order valence-electron chi connectivity index (χ0n) is 16.0. The van der Waals surface area contributed by atoms with Crippen LogP contribution in [0.2, 0.25) is 0 Å². The number of carbonyl (C=O) groups excluding carboxylic acids is 2. The van der Waals surface area contributed by atoms with Crippen LogP contribution in [0.4, 0.5) is 4.79 Å². The van der Waals surface area contributed by atoms with Gasteiger partial charge in [-0.3, -0.25) is 19.2 Å². The van der Waals surface area contributed by atoms with E-state index < -0.39 is 27.6 Å². The first kappa shape index (κ1) is 23.3. The van der Waals surface area contributed by atoms with E-state index in [-0.39, 0.29) is 6.54 Å². The number of imide groups is 1. The van der Waals surface area contributed by atoms with Crippen LogP contribution in [-0.4, -0.2) is 44.6 Å². The van der Waals surface area contributed by atoms with Crippen LogP contribution >= 0.6 is 11.9 Å². The number of unbranched alkanes of at least 4 members (excludes halogenated alkanes) is 3. The van der Waals surface area contributed by atoms with Gasteiger partial charge >= 0.3 is 15.7 Å². The molecule has 1 aromatic rings. The summed E-state index contributed by atoms with van der Waals surface area (Å²) in [5, 5.41) is -0.403. The molecule has 150 valence electrons. The Balaban J connectivity index is 3.11. The Morgan fingerprint density at radius 3 is 2.41 bits per heavy atom. The maximum Gasteiger partial charge on any atom is 0.311 e. The van der Waals surface area contributed by atoms with E-state index >= 15 is 0 Å². The molecule has 0 aliphatic rings. The Labute approximate surface area is 166 Å². The molecule has 27 heavy (non-hydrogen) atoms. The minimum Gasteiger partial charge on any atom is -0.274 e. The number of amides is 2. The van der Waals surface area contributed by atoms with Crippen molar-refractivity contribution in [1.29, 1.82) is 0 Å². The van der Waals surface area contributed by atoms with E-state index in [0.29, 0.717) is 18.5 Å². The predicted octanol–water partition coefficient (Wildman–Crippen LogP) is 3.54. The molecule has 0 spiro atoms. The van der Waals surface area contributed by atoms with E-state index in [1.54, 1.807) is 19.2 Å². The highest BCUT2D eigenvalue weighted by Gasteiger charge is 2.30. The molecule has 2 amide bonds. The Bertz CT molecular complexity index is 740. The van der Waals surface area contributed by atoms with Crippen LogP contribution in [0.25, 0.3) is 0 Å². The first-order valence-electron chi connectivity index (χ1n) is 8.93. The third kappa shape index (κ3) is 8.23. The fourth-order valence-electron chi connectivity index (χ4n) is 2.58. The first-order chi connectivity index (χ1) is 12.9. The van der Waals surface area contributed by atoms with Gasteiger partial charge in [-0.05, 0) is 26.0 Å². The van der Waals surface area contributed by atoms with Gasteiger partial charge in [0.1, 0.15) is 0 Å². The molecule has 1 rings (SSSR count). The van der Waals surface area contributed by atoms with Crippen molar-refractivity contribution in [3.63, 3.8) is 0 Å². The van der Waals surface area contributed by atoms with Gasteiger partial charge in [0.2, 0.25) is 5.91 Å². The van der Waals surface area contributed by atoms with Gasteiger partial charge in [0.05, 0.1) is 12.5 Å². The van der Waals surface area contributed by atoms with Crippen LogP contribution in [0.1, 0.15) is 49.7 Å². The van der Waals surface area contributed by atoms with Crippen molar-refractivity contribution < 1.29 is 18.0 Å². The molecule has 0 heterocycles. The summed E-state index contributed by atoms with van der Waals surface area (Å²) in [6.07, 6.45) is 3.71. The fourth-order valence-corrected chi connectivity index (χ4v) is 3.32. The number of carbonyl (C=O) groups is 2. The number of aryl methyl sites for hydroxylation is 1. The van der Waals surface area contributed by atoms with Crippen LogP contribution in [0, 0.1) is 6.92 Å². The molecule has 0 saturated heterocycles. The van der Waals surface area contributed by atoms with Crippen LogP contribution in [0.5, 0.6) is 0 Å². The van der Waals surface area contributed by atoms with Crippen LogP contribution in [0.15, 0.2) is 28.6 Å². The van der Waals surface area contributed by atoms with Crippen molar-refractivity contribution >= 4 is 33.6 Å². The second kappa shape index (κ2) is 12.6. The highest BCUT2D eigenvalue weighted by atomic mass is 32.2. The molecule has 1 atom stereocenters. The number of hydrogen-bond acceptors (Lipinski definition) is 7. The molecule has 0 radical (unpaired) electrons. The van der Waals surface area contributed by atoms with Crippen molar-refractivity contribution in [2.24, 2.45) is 4.36 Å². The summed E-state index contributed by atoms with van der Waals surface area (Å²) in [5.74, 6) is -1.26. The monoisotopic (exact) mass is 413 g/mol. The number of hydrogen-bond donors (Lipinski definition) is 1. The lowest BCUT2D eigenvalue weighted by Gasteiger charge is -2.25. The van der Waals surface area contributed by atoms with Gasteiger partial charge in [0.15, 0.2) is 0 Å². The standard InChI is InChI=1S/C18H27N3O4S2/c1-4-5-6-7-12-21(18(23)26-19-3)17(22)16(13-20-27(24)25)15-10-8-14(2)9-11-15/h8-11,16,19H,4-7,12-13H2,1-3H3. The lowest BCUT2D eigenvalue weighted by molar-refractivity contribution is -0.129. The highest BCUT2D eigenvalue weighted by Crippen LogP contribution is 2.22. The van der Waals surface area contributed by atoms with E-state index in [1.807, 2.05) is 19.1 Å². The molecule has 0 saturated carbocycles. The molecular weight excluding hydrogens is 386 g/mol. The van der Waals surface area contributed by atoms with Gasteiger partial charge in [-0.25, -0.2) is 0 Å². The average molecular weight is 414 g/mol. The molecular formula is C18H27N3O4S2. The molecule has 0 aliphatic carbocycles. The Morgan fingerprint density at radius 1 is 1.19 bits per heavy atom. The minimum absolute atomic E-state index is 0.221. The summed E-state index contributed by atoms with van der Waals surface area (Å²) in [4.78, 5) is 26.8. The highest BCUT2D eigenvalue weighted by molar-refractivity contribution is 8.11. The van der Waals surface area contributed by atoms with Crippen molar-refractivity contribution in [3.05, 3.63) is 35.4 Å². The smallest absolute Gasteiger partial charge is 0.274 e. The van der Waals surface area contributed by atoms with Crippen LogP contribution in [0.3, 0.4) is 0 Å². The van der Waals surface area contributed by atoms with Crippen LogP contribution < -0.4 is 4.72 Å². The summed E-state index contributed by atoms with van der Waals surface area (Å²) < 4.78 is 27.9. The molecule has 9 heteroatoms. The van der Waals surface area contributed by atoms with E-state index in [4.69, 9.17) is 0 Å². The Morgan fingerprint density at radius 2 is 1.85 bits per heavy atom. The van der Waals surface area contributed by atoms with Gasteiger partial charge in [0, 0.05) is 18.5 Å². The second-order valence-electron chi connectivity index (χ2n) is 6.11. The van der Waals surface area contributed by atoms with Gasteiger partial charge in [-0.1, -0.05) is 56.0 Å². The zero-order valence-corrected chi connectivity index (χ0v) is 17.6. The fraction of sp³-hybridized carbons (Fsp3) is 0.556. The third-order valence-corrected chi connectivity index (χ3v) is 5.01. The van der Waals surface area contributed by atoms with E-state index in [2.05, 4.69) is 16.0 Å². The third-order valence-electron chi connectivity index (χ3n) is 4.05. The van der Waals surface area contributed by atoms with E-state index in [1.165, 1.54) is 4.90 Å². The largest absolute Gasteiger partial charge is 0.311 e. The SMILES string of the molecule is CCCCCCN(C(=O)SNC)C(=O)C(CN=S(=O)=O)c1ccc(C)cc1. The lowest BCUT2D eigenvalue weighted by Crippen LogP contribution is -2.40. The van der Waals surface area contributed by atoms with Gasteiger partial charge in [0.25, 0.3) is 0 Å². The van der Waals surface area contributed by atoms with Crippen molar-refractivity contribution in [2.45, 2.75) is 45.4 Å². The number of rotatable bonds is 10. The molecule has 0 aromatic heterocycles. The molecule has 1 aromatic carbocycles. The van der Waals surface area contributed by atoms with Crippen molar-refractivity contribution in [3.8, 4) is 0 Å². The molecule has 7 nitrogen and oxygen atoms in total.